The van der Waals surface area contributed by atoms with Crippen molar-refractivity contribution < 1.29 is 4.74 Å². The van der Waals surface area contributed by atoms with Crippen LogP contribution in [-0.4, -0.2) is 21.1 Å². The van der Waals surface area contributed by atoms with Gasteiger partial charge in [0.2, 0.25) is 0 Å². The molecule has 0 unspecified atom stereocenters. The van der Waals surface area contributed by atoms with E-state index in [0.717, 1.165) is 11.4 Å². The Balaban J connectivity index is 1.99. The molecule has 2 aromatic rings. The molecular weight excluding hydrogens is 264 g/mol. The van der Waals surface area contributed by atoms with Gasteiger partial charge in [-0.05, 0) is 32.0 Å². The van der Waals surface area contributed by atoms with Crippen LogP contribution in [0.4, 0.5) is 5.69 Å². The molecule has 1 heterocycles. The topological polar surface area (TPSA) is 52.0 Å². The maximum Gasteiger partial charge on any atom is 0.138 e. The smallest absolute Gasteiger partial charge is 0.138 e. The highest BCUT2D eigenvalue weighted by molar-refractivity contribution is 6.32. The summed E-state index contributed by atoms with van der Waals surface area (Å²) in [5.74, 6) is 0.696. The van der Waals surface area contributed by atoms with E-state index in [1.165, 1.54) is 0 Å². The number of aryl methyl sites for hydroxylation is 1. The Morgan fingerprint density at radius 3 is 2.79 bits per heavy atom. The quantitative estimate of drug-likeness (QED) is 0.915. The Bertz CT molecular complexity index is 553. The van der Waals surface area contributed by atoms with Crippen LogP contribution in [-0.2, 0) is 13.6 Å². The predicted molar refractivity (Wildman–Crippen MR) is 75.5 cm³/mol. The van der Waals surface area contributed by atoms with Crippen molar-refractivity contribution in [2.24, 2.45) is 7.05 Å². The molecule has 0 radical (unpaired) electrons. The molecule has 2 rings (SSSR count). The zero-order chi connectivity index (χ0) is 13.8. The lowest BCUT2D eigenvalue weighted by molar-refractivity contribution is 0.242. The second-order valence-corrected chi connectivity index (χ2v) is 4.96. The van der Waals surface area contributed by atoms with Crippen LogP contribution in [0.1, 0.15) is 19.5 Å². The number of hydrogen-bond acceptors (Lipinski definition) is 4. The van der Waals surface area contributed by atoms with Gasteiger partial charge in [-0.1, -0.05) is 16.8 Å². The molecule has 0 amide bonds. The molecular formula is C13H17ClN4O. The van der Waals surface area contributed by atoms with Gasteiger partial charge in [0, 0.05) is 18.9 Å². The van der Waals surface area contributed by atoms with Crippen molar-refractivity contribution in [2.45, 2.75) is 26.5 Å². The summed E-state index contributed by atoms with van der Waals surface area (Å²) >= 11 is 6.16. The predicted octanol–water partition coefficient (Wildman–Crippen LogP) is 2.87. The summed E-state index contributed by atoms with van der Waals surface area (Å²) in [6.45, 7) is 4.54. The minimum Gasteiger partial charge on any atom is -0.489 e. The van der Waals surface area contributed by atoms with Crippen LogP contribution in [0.3, 0.4) is 0 Å². The van der Waals surface area contributed by atoms with E-state index in [1.54, 1.807) is 4.68 Å². The van der Waals surface area contributed by atoms with Crippen LogP contribution >= 0.6 is 11.6 Å². The van der Waals surface area contributed by atoms with Crippen LogP contribution < -0.4 is 10.1 Å². The van der Waals surface area contributed by atoms with Gasteiger partial charge in [-0.15, -0.1) is 5.10 Å². The maximum atomic E-state index is 6.16. The molecule has 0 atom stereocenters. The van der Waals surface area contributed by atoms with Crippen molar-refractivity contribution in [1.29, 1.82) is 0 Å². The molecule has 0 aliphatic carbocycles. The number of ether oxygens (including phenoxy) is 1. The molecule has 0 saturated carbocycles. The maximum absolute atomic E-state index is 6.16. The second-order valence-electron chi connectivity index (χ2n) is 4.55. The average Bonchev–Trinajstić information content (AvgIpc) is 2.75. The van der Waals surface area contributed by atoms with E-state index >= 15 is 0 Å². The van der Waals surface area contributed by atoms with Gasteiger partial charge >= 0.3 is 0 Å². The van der Waals surface area contributed by atoms with E-state index in [-0.39, 0.29) is 6.10 Å². The Labute approximate surface area is 117 Å². The van der Waals surface area contributed by atoms with E-state index in [2.05, 4.69) is 15.6 Å². The van der Waals surface area contributed by atoms with Crippen molar-refractivity contribution in [3.05, 3.63) is 35.1 Å². The van der Waals surface area contributed by atoms with Crippen LogP contribution in [0.15, 0.2) is 24.4 Å². The molecule has 0 aliphatic rings. The van der Waals surface area contributed by atoms with Crippen molar-refractivity contribution >= 4 is 17.3 Å². The first-order valence-corrected chi connectivity index (χ1v) is 6.47. The number of benzene rings is 1. The first kappa shape index (κ1) is 13.7. The molecule has 0 bridgehead atoms. The minimum absolute atomic E-state index is 0.107. The van der Waals surface area contributed by atoms with Crippen molar-refractivity contribution in [3.8, 4) is 5.75 Å². The number of nitrogens with one attached hydrogen (secondary N) is 1. The summed E-state index contributed by atoms with van der Waals surface area (Å²) in [7, 11) is 1.84. The lowest BCUT2D eigenvalue weighted by atomic mass is 10.3. The third-order valence-corrected chi connectivity index (χ3v) is 2.71. The monoisotopic (exact) mass is 280 g/mol. The Morgan fingerprint density at radius 1 is 1.42 bits per heavy atom. The molecule has 0 aliphatic heterocycles. The summed E-state index contributed by atoms with van der Waals surface area (Å²) < 4.78 is 7.25. The van der Waals surface area contributed by atoms with E-state index in [1.807, 2.05) is 45.3 Å². The van der Waals surface area contributed by atoms with Gasteiger partial charge in [-0.2, -0.15) is 0 Å². The van der Waals surface area contributed by atoms with Crippen LogP contribution in [0.25, 0.3) is 0 Å². The molecule has 6 heteroatoms. The third-order valence-electron chi connectivity index (χ3n) is 2.42. The summed E-state index contributed by atoms with van der Waals surface area (Å²) in [6, 6.07) is 5.64. The molecule has 0 fully saturated rings. The molecule has 1 aromatic heterocycles. The van der Waals surface area contributed by atoms with E-state index < -0.39 is 0 Å². The highest BCUT2D eigenvalue weighted by Crippen LogP contribution is 2.28. The Hall–Kier alpha value is -1.75. The van der Waals surface area contributed by atoms with Crippen LogP contribution in [0.2, 0.25) is 5.02 Å². The van der Waals surface area contributed by atoms with Gasteiger partial charge in [-0.25, -0.2) is 0 Å². The van der Waals surface area contributed by atoms with Gasteiger partial charge in [0.05, 0.1) is 17.7 Å². The molecule has 1 N–H and O–H groups in total. The number of aromatic nitrogens is 3. The number of anilines is 1. The zero-order valence-electron chi connectivity index (χ0n) is 11.2. The fraction of sp³-hybridized carbons (Fsp3) is 0.385. The standard InChI is InChI=1S/C13H17ClN4O/c1-9(2)19-13-5-4-10(6-12(13)14)15-7-11-8-18(3)17-16-11/h4-6,8-9,15H,7H2,1-3H3. The average molecular weight is 281 g/mol. The molecule has 0 saturated heterocycles. The molecule has 1 aromatic carbocycles. The zero-order valence-corrected chi connectivity index (χ0v) is 12.0. The van der Waals surface area contributed by atoms with Gasteiger partial charge in [0.15, 0.2) is 0 Å². The summed E-state index contributed by atoms with van der Waals surface area (Å²) in [5.41, 5.74) is 1.80. The summed E-state index contributed by atoms with van der Waals surface area (Å²) in [4.78, 5) is 0. The van der Waals surface area contributed by atoms with Crippen LogP contribution in [0, 0.1) is 0 Å². The highest BCUT2D eigenvalue weighted by atomic mass is 35.5. The number of nitrogens with zero attached hydrogens (tertiary/aromatic N) is 3. The van der Waals surface area contributed by atoms with Crippen molar-refractivity contribution in [2.75, 3.05) is 5.32 Å². The Kier molecular flexibility index (Phi) is 4.27. The minimum atomic E-state index is 0.107. The fourth-order valence-corrected chi connectivity index (χ4v) is 1.85. The number of hydrogen-bond donors (Lipinski definition) is 1. The van der Waals surface area contributed by atoms with Gasteiger partial charge in [-0.3, -0.25) is 4.68 Å². The SMILES string of the molecule is CC(C)Oc1ccc(NCc2cn(C)nn2)cc1Cl. The van der Waals surface area contributed by atoms with Gasteiger partial charge in [0.1, 0.15) is 11.4 Å². The summed E-state index contributed by atoms with van der Waals surface area (Å²) in [5, 5.41) is 11.7. The highest BCUT2D eigenvalue weighted by Gasteiger charge is 2.05. The third kappa shape index (κ3) is 3.86. The molecule has 102 valence electrons. The van der Waals surface area contributed by atoms with Gasteiger partial charge < -0.3 is 10.1 Å². The van der Waals surface area contributed by atoms with Crippen LogP contribution in [0.5, 0.6) is 5.75 Å². The molecule has 0 spiro atoms. The van der Waals surface area contributed by atoms with E-state index in [0.29, 0.717) is 17.3 Å². The fourth-order valence-electron chi connectivity index (χ4n) is 1.63. The molecule has 19 heavy (non-hydrogen) atoms. The lowest BCUT2D eigenvalue weighted by Gasteiger charge is -2.12. The first-order valence-electron chi connectivity index (χ1n) is 6.10. The van der Waals surface area contributed by atoms with E-state index in [9.17, 15) is 0 Å². The van der Waals surface area contributed by atoms with Crippen molar-refractivity contribution in [1.82, 2.24) is 15.0 Å². The van der Waals surface area contributed by atoms with E-state index in [4.69, 9.17) is 16.3 Å². The Morgan fingerprint density at radius 2 is 2.21 bits per heavy atom. The van der Waals surface area contributed by atoms with Gasteiger partial charge in [0.25, 0.3) is 0 Å². The lowest BCUT2D eigenvalue weighted by Crippen LogP contribution is -2.06. The normalized spacial score (nSPS) is 10.8. The number of rotatable bonds is 5. The second kappa shape index (κ2) is 5.93. The molecule has 5 nitrogen and oxygen atoms in total. The van der Waals surface area contributed by atoms with Crippen molar-refractivity contribution in [3.63, 3.8) is 0 Å². The largest absolute Gasteiger partial charge is 0.489 e. The summed E-state index contributed by atoms with van der Waals surface area (Å²) in [6.07, 6.45) is 1.97. The first-order chi connectivity index (χ1) is 9.04. The number of halogens is 1.